The number of nitrogens with zero attached hydrogens (tertiary/aromatic N) is 10. The van der Waals surface area contributed by atoms with E-state index in [0.717, 1.165) is 85.0 Å². The molecule has 6 heterocycles. The second-order valence-electron chi connectivity index (χ2n) is 16.5. The molecule has 0 aliphatic carbocycles. The summed E-state index contributed by atoms with van der Waals surface area (Å²) in [6.45, 7) is 6.45. The van der Waals surface area contributed by atoms with Crippen molar-refractivity contribution in [1.29, 1.82) is 0 Å². The number of aliphatic hydroxyl groups is 1. The molecule has 0 bridgehead atoms. The predicted octanol–water partition coefficient (Wildman–Crippen LogP) is -0.449. The third-order valence-electron chi connectivity index (χ3n) is 10.6. The molecule has 21 nitrogen and oxygen atoms in total. The first-order valence-electron chi connectivity index (χ1n) is 21.5. The van der Waals surface area contributed by atoms with E-state index in [1.54, 1.807) is 0 Å². The van der Waals surface area contributed by atoms with Crippen molar-refractivity contribution in [3.63, 3.8) is 0 Å². The number of ether oxygens (including phenoxy) is 1. The van der Waals surface area contributed by atoms with Crippen LogP contribution in [0.25, 0.3) is 23.8 Å². The molecule has 5 N–H and O–H groups in total. The first-order valence-corrected chi connectivity index (χ1v) is 26.9. The molecule has 0 fully saturated rings. The Morgan fingerprint density at radius 2 is 1.18 bits per heavy atom. The molecular formula is C45H45ClCs2F6N12O9S4. The van der Waals surface area contributed by atoms with E-state index in [2.05, 4.69) is 44.8 Å². The summed E-state index contributed by atoms with van der Waals surface area (Å²) in [6.07, 6.45) is 6.39. The number of halogens is 7. The van der Waals surface area contributed by atoms with Gasteiger partial charge >= 0.3 is 138 Å². The number of aromatic nitrogens is 6. The van der Waals surface area contributed by atoms with Crippen LogP contribution in [0.1, 0.15) is 70.3 Å². The van der Waals surface area contributed by atoms with Gasteiger partial charge in [-0.25, -0.2) is 91.7 Å². The number of aliphatic hydroxyl groups excluding tert-OH is 1. The van der Waals surface area contributed by atoms with E-state index in [1.165, 1.54) is 56.8 Å². The van der Waals surface area contributed by atoms with Crippen LogP contribution in [0.5, 0.6) is 5.88 Å². The molecule has 2 atom stereocenters. The van der Waals surface area contributed by atoms with Crippen molar-refractivity contribution in [2.24, 2.45) is 21.5 Å². The van der Waals surface area contributed by atoms with Crippen LogP contribution in [0.4, 0.5) is 26.3 Å². The fourth-order valence-corrected chi connectivity index (χ4v) is 11.1. The summed E-state index contributed by atoms with van der Waals surface area (Å²) in [5.74, 6) is -8.86. The standard InChI is InChI=1S/C22H21F3N6O3S2.C17H15ClF3N5O2S.C5H7NOS.CH2O3.2Cs.H/c1-12-10-35-19(29-12)9-34-18-8-27-17(7-28-18)15(23)5-13-4-14(20(25)16(24)6-13)22(2)11-36(32,33)31(3)21(26)30-22;1-17(8-29(27,28)26(2)16(22)25-17)10-3-9(5-12(20)15(10)21)4-11(19)13-6-24-14(18)7-23-13;1-4-3-8-5(2-7)6-4;2-1-4-3;;;/h4-8,10H,9,11H2,1-3H3,(H2,26,30);3-7H,8H2,1-2H3,(H2,22,25);3,7H,2H2,1H3;1,3H;;;/q;;;;2*+1;-1/p-1/b15-5-;11-4-;;;;;/t22-;17-;;;;;/m00...../s1. The van der Waals surface area contributed by atoms with Crippen LogP contribution >= 0.6 is 34.3 Å². The second-order valence-corrected chi connectivity index (χ2v) is 22.8. The van der Waals surface area contributed by atoms with Crippen molar-refractivity contribution in [3.8, 4) is 5.88 Å². The number of aliphatic imine (C=N–C) groups is 2. The maximum Gasteiger partial charge on any atom is 1.00 e. The summed E-state index contributed by atoms with van der Waals surface area (Å²) in [7, 11) is -5.44. The Balaban J connectivity index is 0.000000444. The average Bonchev–Trinajstić information content (AvgIpc) is 4.00. The molecule has 0 saturated heterocycles. The normalized spacial score (nSPS) is 18.3. The van der Waals surface area contributed by atoms with Crippen LogP contribution in [-0.4, -0.2) is 104 Å². The third kappa shape index (κ3) is 19.0. The maximum absolute atomic E-state index is 14.9. The average molecular weight is 1440 g/mol. The Kier molecular flexibility index (Phi) is 27.1. The molecule has 0 amide bonds. The summed E-state index contributed by atoms with van der Waals surface area (Å²) in [4.78, 5) is 43.0. The number of carbonyl (C=O) groups excluding carboxylic acids is 1. The van der Waals surface area contributed by atoms with Crippen molar-refractivity contribution in [2.45, 2.75) is 52.0 Å². The van der Waals surface area contributed by atoms with Gasteiger partial charge < -0.3 is 32.9 Å². The zero-order valence-corrected chi connectivity index (χ0v) is 59.5. The van der Waals surface area contributed by atoms with Crippen LogP contribution in [0, 0.1) is 37.1 Å². The van der Waals surface area contributed by atoms with E-state index in [1.807, 2.05) is 24.6 Å². The van der Waals surface area contributed by atoms with Gasteiger partial charge in [-0.2, -0.15) is 0 Å². The first-order chi connectivity index (χ1) is 36.0. The number of rotatable bonds is 11. The van der Waals surface area contributed by atoms with Gasteiger partial charge in [-0.1, -0.05) is 11.6 Å². The van der Waals surface area contributed by atoms with Crippen molar-refractivity contribution in [3.05, 3.63) is 143 Å². The summed E-state index contributed by atoms with van der Waals surface area (Å²) < 4.78 is 144. The van der Waals surface area contributed by atoms with Gasteiger partial charge in [0.15, 0.2) is 34.9 Å². The molecule has 0 unspecified atom stereocenters. The minimum absolute atomic E-state index is 0. The fraction of sp³-hybridized carbons (Fsp3) is 0.267. The fourth-order valence-electron chi connectivity index (χ4n) is 6.82. The summed E-state index contributed by atoms with van der Waals surface area (Å²) >= 11 is 8.52. The minimum Gasteiger partial charge on any atom is -1.00 e. The number of thiazole rings is 2. The summed E-state index contributed by atoms with van der Waals surface area (Å²) in [5, 5.41) is 22.3. The number of hydrogen-bond acceptors (Lipinski definition) is 21. The number of sulfonamides is 2. The molecular weight excluding hydrogens is 1400 g/mol. The van der Waals surface area contributed by atoms with E-state index in [0.29, 0.717) is 0 Å². The van der Waals surface area contributed by atoms with Crippen LogP contribution < -0.4 is 159 Å². The molecule has 0 spiro atoms. The Morgan fingerprint density at radius 1 is 0.759 bits per heavy atom. The second kappa shape index (κ2) is 30.5. The smallest absolute Gasteiger partial charge is 1.00 e. The summed E-state index contributed by atoms with van der Waals surface area (Å²) in [6, 6.07) is 3.77. The zero-order chi connectivity index (χ0) is 57.2. The van der Waals surface area contributed by atoms with Gasteiger partial charge in [0.1, 0.15) is 44.2 Å². The number of carbonyl (C=O) groups is 1. The van der Waals surface area contributed by atoms with Crippen LogP contribution in [0.2, 0.25) is 5.15 Å². The zero-order valence-electron chi connectivity index (χ0n) is 44.0. The predicted molar refractivity (Wildman–Crippen MR) is 273 cm³/mol. The van der Waals surface area contributed by atoms with Crippen LogP contribution in [0.15, 0.2) is 69.8 Å². The van der Waals surface area contributed by atoms with E-state index in [9.17, 15) is 43.2 Å². The molecule has 34 heteroatoms. The van der Waals surface area contributed by atoms with E-state index in [4.69, 9.17) is 43.0 Å². The van der Waals surface area contributed by atoms with E-state index >= 15 is 0 Å². The molecule has 2 aliphatic rings. The Morgan fingerprint density at radius 3 is 1.51 bits per heavy atom. The number of hydrogen-bond donors (Lipinski definition) is 3. The molecule has 4 aromatic heterocycles. The van der Waals surface area contributed by atoms with Gasteiger partial charge in [-0.05, 0) is 75.2 Å². The molecule has 0 saturated carbocycles. The molecule has 2 aromatic carbocycles. The van der Waals surface area contributed by atoms with Gasteiger partial charge in [0.2, 0.25) is 37.8 Å². The first kappa shape index (κ1) is 70.2. The Bertz CT molecular complexity index is 3490. The Labute approximate surface area is 581 Å². The number of guanidine groups is 2. The Hall–Kier alpha value is -3.06. The topological polar surface area (TPSA) is 308 Å². The van der Waals surface area contributed by atoms with Gasteiger partial charge in [0, 0.05) is 47.4 Å². The maximum atomic E-state index is 14.9. The number of nitrogens with two attached hydrogens (primary N) is 2. The van der Waals surface area contributed by atoms with Gasteiger partial charge in [0.25, 0.3) is 6.47 Å². The van der Waals surface area contributed by atoms with Crippen LogP contribution in [0.3, 0.4) is 0 Å². The molecule has 414 valence electrons. The van der Waals surface area contributed by atoms with Gasteiger partial charge in [-0.3, -0.25) is 4.79 Å². The number of aryl methyl sites for hydroxylation is 2. The molecule has 6 aromatic rings. The van der Waals surface area contributed by atoms with E-state index < -0.39 is 77.6 Å². The van der Waals surface area contributed by atoms with Gasteiger partial charge in [-0.15, -0.1) is 22.7 Å². The van der Waals surface area contributed by atoms with Crippen molar-refractivity contribution in [1.82, 2.24) is 38.5 Å². The molecule has 79 heavy (non-hydrogen) atoms. The SMILES string of the molecule is CN1C(N)=N[C@](C)(c2cc(/C=C(\F)c3cnc(Cl)cn3)cc(F)c2F)CS1(=O)=O.Cc1csc(CO)n1.Cc1csc(COc2cnc(/C(F)=C/c3cc(F)c(F)c([C@]4(C)CS(=O)(=O)N(C)C(N)=N4)c3)cn2)n1.O=CO[O-].[Cs+].[Cs+].[H-]. The van der Waals surface area contributed by atoms with Crippen molar-refractivity contribution >= 4 is 96.5 Å². The number of benzene rings is 2. The summed E-state index contributed by atoms with van der Waals surface area (Å²) in [5.41, 5.74) is 8.52. The molecule has 8 rings (SSSR count). The van der Waals surface area contributed by atoms with Crippen molar-refractivity contribution in [2.75, 3.05) is 25.6 Å². The van der Waals surface area contributed by atoms with Gasteiger partial charge in [0.05, 0.1) is 42.9 Å². The minimum atomic E-state index is -3.93. The third-order valence-corrected chi connectivity index (χ3v) is 16.6. The van der Waals surface area contributed by atoms with E-state index in [-0.39, 0.29) is 215 Å². The quantitative estimate of drug-likeness (QED) is 0.0641. The van der Waals surface area contributed by atoms with Crippen LogP contribution in [-0.2, 0) is 54.0 Å². The molecule has 0 radical (unpaired) electrons. The molecule has 2 aliphatic heterocycles. The van der Waals surface area contributed by atoms with Crippen molar-refractivity contribution < 1.29 is 207 Å². The monoisotopic (exact) mass is 1440 g/mol. The largest absolute Gasteiger partial charge is 1.00 e.